The van der Waals surface area contributed by atoms with Gasteiger partial charge in [0, 0.05) is 17.5 Å². The molecule has 0 radical (unpaired) electrons. The maximum atomic E-state index is 12.7. The zero-order chi connectivity index (χ0) is 14.0. The Kier molecular flexibility index (Phi) is 4.50. The molecule has 2 rings (SSSR count). The molecule has 1 N–H and O–H groups in total. The fraction of sp³-hybridized carbons (Fsp3) is 0.769. The molecule has 1 aliphatic carbocycles. The third-order valence-corrected chi connectivity index (χ3v) is 4.76. The Bertz CT molecular complexity index is 428. The quantitative estimate of drug-likeness (QED) is 0.911. The molecule has 1 aromatic rings. The van der Waals surface area contributed by atoms with E-state index in [1.54, 1.807) is 11.3 Å². The van der Waals surface area contributed by atoms with Crippen LogP contribution in [0.4, 0.5) is 13.2 Å². The van der Waals surface area contributed by atoms with Crippen molar-refractivity contribution in [3.63, 3.8) is 0 Å². The Labute approximate surface area is 115 Å². The van der Waals surface area contributed by atoms with Crippen molar-refractivity contribution < 1.29 is 13.2 Å². The Morgan fingerprint density at radius 3 is 2.63 bits per heavy atom. The number of rotatable bonds is 3. The average Bonchev–Trinajstić information content (AvgIpc) is 2.64. The zero-order valence-electron chi connectivity index (χ0n) is 11.2. The van der Waals surface area contributed by atoms with Crippen LogP contribution >= 0.6 is 11.3 Å². The van der Waals surface area contributed by atoms with Crippen LogP contribution in [0.15, 0.2) is 0 Å². The highest BCUT2D eigenvalue weighted by Gasteiger charge is 2.41. The molecule has 1 aromatic heterocycles. The third kappa shape index (κ3) is 3.92. The number of hydrogen-bond acceptors (Lipinski definition) is 3. The first-order valence-electron chi connectivity index (χ1n) is 6.59. The molecule has 2 nitrogen and oxygen atoms in total. The Morgan fingerprint density at radius 2 is 2.05 bits per heavy atom. The molecule has 108 valence electrons. The summed E-state index contributed by atoms with van der Waals surface area (Å²) in [5, 5.41) is 4.27. The molecule has 1 saturated carbocycles. The highest BCUT2D eigenvalue weighted by Crippen LogP contribution is 2.37. The minimum absolute atomic E-state index is 0.0258. The van der Waals surface area contributed by atoms with Crippen molar-refractivity contribution in [3.8, 4) is 0 Å². The number of nitrogens with zero attached hydrogens (tertiary/aromatic N) is 1. The van der Waals surface area contributed by atoms with Crippen LogP contribution < -0.4 is 5.32 Å². The lowest BCUT2D eigenvalue weighted by atomic mass is 9.85. The third-order valence-electron chi connectivity index (χ3n) is 3.69. The van der Waals surface area contributed by atoms with Gasteiger partial charge in [-0.2, -0.15) is 13.2 Å². The second kappa shape index (κ2) is 5.79. The van der Waals surface area contributed by atoms with Crippen LogP contribution in [-0.2, 0) is 6.54 Å². The van der Waals surface area contributed by atoms with Crippen molar-refractivity contribution >= 4 is 11.3 Å². The van der Waals surface area contributed by atoms with E-state index in [-0.39, 0.29) is 18.9 Å². The van der Waals surface area contributed by atoms with Crippen LogP contribution in [0.3, 0.4) is 0 Å². The minimum Gasteiger partial charge on any atom is -0.309 e. The first kappa shape index (κ1) is 14.8. The standard InChI is InChI=1S/C13H19F3N2S/c1-8-12(19-9(2)18-8)7-17-11-5-3-4-10(6-11)13(14,15)16/h10-11,17H,3-7H2,1-2H3. The molecule has 0 aliphatic heterocycles. The van der Waals surface area contributed by atoms with E-state index in [0.29, 0.717) is 13.0 Å². The van der Waals surface area contributed by atoms with E-state index in [1.165, 1.54) is 0 Å². The summed E-state index contributed by atoms with van der Waals surface area (Å²) < 4.78 is 38.1. The molecule has 0 spiro atoms. The molecule has 6 heteroatoms. The SMILES string of the molecule is Cc1nc(C)c(CNC2CCCC(C(F)(F)F)C2)s1. The average molecular weight is 292 g/mol. The fourth-order valence-electron chi connectivity index (χ4n) is 2.65. The Morgan fingerprint density at radius 1 is 1.32 bits per heavy atom. The van der Waals surface area contributed by atoms with E-state index in [1.807, 2.05) is 13.8 Å². The fourth-order valence-corrected chi connectivity index (χ4v) is 3.54. The maximum absolute atomic E-state index is 12.7. The number of thiazole rings is 1. The molecule has 1 aliphatic rings. The van der Waals surface area contributed by atoms with Gasteiger partial charge in [0.2, 0.25) is 0 Å². The lowest BCUT2D eigenvalue weighted by molar-refractivity contribution is -0.183. The van der Waals surface area contributed by atoms with E-state index >= 15 is 0 Å². The summed E-state index contributed by atoms with van der Waals surface area (Å²) in [5.41, 5.74) is 0.984. The molecular formula is C13H19F3N2S. The maximum Gasteiger partial charge on any atom is 0.391 e. The molecule has 1 fully saturated rings. The van der Waals surface area contributed by atoms with Gasteiger partial charge < -0.3 is 5.32 Å². The van der Waals surface area contributed by atoms with Crippen LogP contribution in [0.25, 0.3) is 0 Å². The van der Waals surface area contributed by atoms with Crippen LogP contribution in [0.2, 0.25) is 0 Å². The Hall–Kier alpha value is -0.620. The van der Waals surface area contributed by atoms with Crippen molar-refractivity contribution in [2.24, 2.45) is 5.92 Å². The molecular weight excluding hydrogens is 273 g/mol. The van der Waals surface area contributed by atoms with E-state index in [0.717, 1.165) is 22.0 Å². The van der Waals surface area contributed by atoms with Gasteiger partial charge in [-0.1, -0.05) is 6.42 Å². The molecule has 0 amide bonds. The largest absolute Gasteiger partial charge is 0.391 e. The number of alkyl halides is 3. The molecule has 2 atom stereocenters. The first-order valence-corrected chi connectivity index (χ1v) is 7.41. The summed E-state index contributed by atoms with van der Waals surface area (Å²) in [5.74, 6) is -1.14. The molecule has 19 heavy (non-hydrogen) atoms. The summed E-state index contributed by atoms with van der Waals surface area (Å²) in [6.45, 7) is 4.52. The Balaban J connectivity index is 1.88. The van der Waals surface area contributed by atoms with Crippen molar-refractivity contribution in [1.82, 2.24) is 10.3 Å². The summed E-state index contributed by atoms with van der Waals surface area (Å²) in [6, 6.07) is -0.0258. The molecule has 0 bridgehead atoms. The predicted molar refractivity (Wildman–Crippen MR) is 70.2 cm³/mol. The summed E-state index contributed by atoms with van der Waals surface area (Å²) in [6.07, 6.45) is -2.07. The molecule has 1 heterocycles. The lowest BCUT2D eigenvalue weighted by Crippen LogP contribution is -2.38. The smallest absolute Gasteiger partial charge is 0.309 e. The summed E-state index contributed by atoms with van der Waals surface area (Å²) >= 11 is 1.61. The molecule has 0 saturated heterocycles. The van der Waals surface area contributed by atoms with E-state index in [9.17, 15) is 13.2 Å². The monoisotopic (exact) mass is 292 g/mol. The van der Waals surface area contributed by atoms with E-state index in [2.05, 4.69) is 10.3 Å². The van der Waals surface area contributed by atoms with Gasteiger partial charge in [0.25, 0.3) is 0 Å². The van der Waals surface area contributed by atoms with Gasteiger partial charge in [-0.05, 0) is 33.1 Å². The van der Waals surface area contributed by atoms with Crippen molar-refractivity contribution in [3.05, 3.63) is 15.6 Å². The minimum atomic E-state index is -4.04. The number of nitrogens with one attached hydrogen (secondary N) is 1. The van der Waals surface area contributed by atoms with Crippen LogP contribution in [0.5, 0.6) is 0 Å². The van der Waals surface area contributed by atoms with Gasteiger partial charge in [0.15, 0.2) is 0 Å². The van der Waals surface area contributed by atoms with Gasteiger partial charge in [-0.15, -0.1) is 11.3 Å². The van der Waals surface area contributed by atoms with Gasteiger partial charge in [-0.25, -0.2) is 4.98 Å². The van der Waals surface area contributed by atoms with Gasteiger partial charge in [0.05, 0.1) is 16.6 Å². The van der Waals surface area contributed by atoms with E-state index < -0.39 is 12.1 Å². The van der Waals surface area contributed by atoms with Crippen LogP contribution in [-0.4, -0.2) is 17.2 Å². The summed E-state index contributed by atoms with van der Waals surface area (Å²) in [7, 11) is 0. The highest BCUT2D eigenvalue weighted by atomic mass is 32.1. The van der Waals surface area contributed by atoms with Crippen molar-refractivity contribution in [2.75, 3.05) is 0 Å². The number of aromatic nitrogens is 1. The number of hydrogen-bond donors (Lipinski definition) is 1. The molecule has 2 unspecified atom stereocenters. The van der Waals surface area contributed by atoms with Gasteiger partial charge in [-0.3, -0.25) is 0 Å². The lowest BCUT2D eigenvalue weighted by Gasteiger charge is -2.31. The van der Waals surface area contributed by atoms with Crippen LogP contribution in [0, 0.1) is 19.8 Å². The first-order chi connectivity index (χ1) is 8.86. The highest BCUT2D eigenvalue weighted by molar-refractivity contribution is 7.11. The van der Waals surface area contributed by atoms with Crippen molar-refractivity contribution in [2.45, 2.75) is 58.3 Å². The topological polar surface area (TPSA) is 24.9 Å². The zero-order valence-corrected chi connectivity index (χ0v) is 12.0. The van der Waals surface area contributed by atoms with E-state index in [4.69, 9.17) is 0 Å². The van der Waals surface area contributed by atoms with Crippen LogP contribution in [0.1, 0.15) is 41.3 Å². The second-order valence-corrected chi connectivity index (χ2v) is 6.51. The second-order valence-electron chi connectivity index (χ2n) is 5.22. The normalized spacial score (nSPS) is 24.7. The summed E-state index contributed by atoms with van der Waals surface area (Å²) in [4.78, 5) is 5.46. The number of aryl methyl sites for hydroxylation is 2. The van der Waals surface area contributed by atoms with Gasteiger partial charge in [0.1, 0.15) is 0 Å². The van der Waals surface area contributed by atoms with Gasteiger partial charge >= 0.3 is 6.18 Å². The molecule has 0 aromatic carbocycles. The predicted octanol–water partition coefficient (Wildman–Crippen LogP) is 3.97. The number of halogens is 3. The van der Waals surface area contributed by atoms with Crippen molar-refractivity contribution in [1.29, 1.82) is 0 Å².